The molecule has 1 nitrogen and oxygen atoms in total. The maximum Gasteiger partial charge on any atom is 0.158 e. The Balaban J connectivity index is 4.30. The van der Waals surface area contributed by atoms with Crippen molar-refractivity contribution in [1.29, 1.82) is 0 Å². The highest BCUT2D eigenvalue weighted by Gasteiger charge is 2.11. The van der Waals surface area contributed by atoms with Crippen molar-refractivity contribution in [3.63, 3.8) is 0 Å². The number of ketones is 1. The fourth-order valence-electron chi connectivity index (χ4n) is 2.57. The van der Waals surface area contributed by atoms with E-state index in [0.717, 1.165) is 24.3 Å². The predicted molar refractivity (Wildman–Crippen MR) is 80.8 cm³/mol. The van der Waals surface area contributed by atoms with Gasteiger partial charge < -0.3 is 0 Å². The van der Waals surface area contributed by atoms with Crippen LogP contribution in [0.5, 0.6) is 0 Å². The summed E-state index contributed by atoms with van der Waals surface area (Å²) in [4.78, 5) is 11.8. The molecule has 0 rings (SSSR count). The lowest BCUT2D eigenvalue weighted by molar-refractivity contribution is -0.115. The average Bonchev–Trinajstić information content (AvgIpc) is 2.28. The Kier molecular flexibility index (Phi) is 9.05. The van der Waals surface area contributed by atoms with E-state index in [9.17, 15) is 4.79 Å². The van der Waals surface area contributed by atoms with Crippen molar-refractivity contribution < 1.29 is 4.79 Å². The zero-order valence-corrected chi connectivity index (χ0v) is 13.3. The third-order valence-corrected chi connectivity index (χ3v) is 3.66. The minimum atomic E-state index is 0.337. The van der Waals surface area contributed by atoms with Crippen LogP contribution in [0.25, 0.3) is 0 Å². The molecule has 0 saturated carbocycles. The summed E-state index contributed by atoms with van der Waals surface area (Å²) in [6.45, 7) is 13.1. The lowest BCUT2D eigenvalue weighted by Crippen LogP contribution is -2.05. The molecule has 0 aromatic heterocycles. The number of carbonyl (C=O) groups is 1. The number of allylic oxidation sites excluding steroid dienone is 2. The fraction of sp³-hybridized carbons (Fsp3) is 0.824. The zero-order valence-electron chi connectivity index (χ0n) is 13.3. The van der Waals surface area contributed by atoms with E-state index >= 15 is 0 Å². The Hall–Kier alpha value is -0.590. The van der Waals surface area contributed by atoms with Crippen molar-refractivity contribution in [2.75, 3.05) is 0 Å². The van der Waals surface area contributed by atoms with E-state index in [-0.39, 0.29) is 0 Å². The van der Waals surface area contributed by atoms with E-state index in [1.165, 1.54) is 24.8 Å². The zero-order chi connectivity index (χ0) is 14.1. The van der Waals surface area contributed by atoms with Gasteiger partial charge in [-0.3, -0.25) is 4.79 Å². The summed E-state index contributed by atoms with van der Waals surface area (Å²) in [7, 11) is 0. The van der Waals surface area contributed by atoms with Gasteiger partial charge in [-0.15, -0.1) is 0 Å². The molecule has 0 N–H and O–H groups in total. The molecule has 0 aromatic carbocycles. The lowest BCUT2D eigenvalue weighted by atomic mass is 9.90. The molecule has 0 aliphatic heterocycles. The van der Waals surface area contributed by atoms with Crippen molar-refractivity contribution in [2.45, 2.75) is 80.1 Å². The number of rotatable bonds is 9. The van der Waals surface area contributed by atoms with Crippen molar-refractivity contribution >= 4 is 5.78 Å². The molecule has 1 unspecified atom stereocenters. The standard InChI is InChI=1S/C17H32O/c1-7-16(17(18)8-2)15(6)12-14(5)11-9-10-13(3)4/h13-14H,7-12H2,1-6H3/b16-15+. The van der Waals surface area contributed by atoms with Crippen LogP contribution in [0, 0.1) is 11.8 Å². The van der Waals surface area contributed by atoms with Crippen LogP contribution in [0.3, 0.4) is 0 Å². The smallest absolute Gasteiger partial charge is 0.158 e. The van der Waals surface area contributed by atoms with Gasteiger partial charge in [0.05, 0.1) is 0 Å². The summed E-state index contributed by atoms with van der Waals surface area (Å²) in [5.74, 6) is 1.85. The molecule has 0 aromatic rings. The van der Waals surface area contributed by atoms with Gasteiger partial charge in [-0.1, -0.05) is 59.5 Å². The number of hydrogen-bond donors (Lipinski definition) is 0. The molecule has 0 aliphatic rings. The van der Waals surface area contributed by atoms with Crippen molar-refractivity contribution in [2.24, 2.45) is 11.8 Å². The minimum Gasteiger partial charge on any atom is -0.295 e. The van der Waals surface area contributed by atoms with Crippen LogP contribution in [0.4, 0.5) is 0 Å². The minimum absolute atomic E-state index is 0.337. The topological polar surface area (TPSA) is 17.1 Å². The molecule has 0 aliphatic carbocycles. The predicted octanol–water partition coefficient (Wildman–Crippen LogP) is 5.54. The summed E-state index contributed by atoms with van der Waals surface area (Å²) in [5, 5.41) is 0. The first-order valence-corrected chi connectivity index (χ1v) is 7.64. The van der Waals surface area contributed by atoms with Crippen molar-refractivity contribution in [3.8, 4) is 0 Å². The second-order valence-electron chi connectivity index (χ2n) is 6.02. The molecule has 0 spiro atoms. The maximum atomic E-state index is 11.8. The summed E-state index contributed by atoms with van der Waals surface area (Å²) >= 11 is 0. The number of Topliss-reactive ketones (excluding diaryl/α,β-unsaturated/α-hetero) is 1. The lowest BCUT2D eigenvalue weighted by Gasteiger charge is -2.15. The molecule has 0 saturated heterocycles. The van der Waals surface area contributed by atoms with Crippen LogP contribution >= 0.6 is 0 Å². The summed E-state index contributed by atoms with van der Waals surface area (Å²) < 4.78 is 0. The number of carbonyl (C=O) groups excluding carboxylic acids is 1. The molecular formula is C17H32O. The van der Waals surface area contributed by atoms with Crippen molar-refractivity contribution in [1.82, 2.24) is 0 Å². The Bertz CT molecular complexity index is 273. The normalized spacial score (nSPS) is 14.6. The largest absolute Gasteiger partial charge is 0.295 e. The molecule has 0 amide bonds. The summed E-state index contributed by atoms with van der Waals surface area (Å²) in [6, 6.07) is 0. The number of hydrogen-bond acceptors (Lipinski definition) is 1. The van der Waals surface area contributed by atoms with E-state index in [1.807, 2.05) is 6.92 Å². The van der Waals surface area contributed by atoms with Gasteiger partial charge in [-0.05, 0) is 37.2 Å². The Morgan fingerprint density at radius 2 is 1.61 bits per heavy atom. The van der Waals surface area contributed by atoms with Gasteiger partial charge >= 0.3 is 0 Å². The molecule has 0 fully saturated rings. The molecule has 1 heteroatoms. The first-order chi connectivity index (χ1) is 8.42. The molecule has 0 heterocycles. The fourth-order valence-corrected chi connectivity index (χ4v) is 2.57. The third-order valence-electron chi connectivity index (χ3n) is 3.66. The van der Waals surface area contributed by atoms with E-state index in [2.05, 4.69) is 34.6 Å². The SMILES string of the molecule is CCC(=O)/C(CC)=C(\C)CC(C)CCCC(C)C. The second-order valence-corrected chi connectivity index (χ2v) is 6.02. The van der Waals surface area contributed by atoms with Crippen LogP contribution in [0.1, 0.15) is 80.1 Å². The third kappa shape index (κ3) is 6.98. The van der Waals surface area contributed by atoms with E-state index < -0.39 is 0 Å². The summed E-state index contributed by atoms with van der Waals surface area (Å²) in [5.41, 5.74) is 2.40. The van der Waals surface area contributed by atoms with Gasteiger partial charge in [0.15, 0.2) is 5.78 Å². The van der Waals surface area contributed by atoms with Gasteiger partial charge in [0.25, 0.3) is 0 Å². The van der Waals surface area contributed by atoms with Gasteiger partial charge in [0, 0.05) is 6.42 Å². The molecule has 18 heavy (non-hydrogen) atoms. The Morgan fingerprint density at radius 3 is 2.06 bits per heavy atom. The van der Waals surface area contributed by atoms with Gasteiger partial charge in [-0.2, -0.15) is 0 Å². The molecule has 106 valence electrons. The maximum absolute atomic E-state index is 11.8. The van der Waals surface area contributed by atoms with Crippen LogP contribution in [-0.4, -0.2) is 5.78 Å². The molecule has 1 atom stereocenters. The highest BCUT2D eigenvalue weighted by atomic mass is 16.1. The quantitative estimate of drug-likeness (QED) is 0.492. The van der Waals surface area contributed by atoms with Crippen molar-refractivity contribution in [3.05, 3.63) is 11.1 Å². The monoisotopic (exact) mass is 252 g/mol. The Labute approximate surface area is 114 Å². The van der Waals surface area contributed by atoms with Crippen LogP contribution in [-0.2, 0) is 4.79 Å². The van der Waals surface area contributed by atoms with Crippen LogP contribution in [0.15, 0.2) is 11.1 Å². The van der Waals surface area contributed by atoms with E-state index in [1.54, 1.807) is 0 Å². The van der Waals surface area contributed by atoms with Crippen LogP contribution in [0.2, 0.25) is 0 Å². The van der Waals surface area contributed by atoms with Gasteiger partial charge in [-0.25, -0.2) is 0 Å². The average molecular weight is 252 g/mol. The molecular weight excluding hydrogens is 220 g/mol. The summed E-state index contributed by atoms with van der Waals surface area (Å²) in [6.07, 6.45) is 6.54. The second kappa shape index (κ2) is 9.35. The molecule has 0 radical (unpaired) electrons. The van der Waals surface area contributed by atoms with Gasteiger partial charge in [0.2, 0.25) is 0 Å². The highest BCUT2D eigenvalue weighted by Crippen LogP contribution is 2.23. The first kappa shape index (κ1) is 17.4. The first-order valence-electron chi connectivity index (χ1n) is 7.64. The van der Waals surface area contributed by atoms with E-state index in [0.29, 0.717) is 18.1 Å². The molecule has 0 bridgehead atoms. The Morgan fingerprint density at radius 1 is 1.00 bits per heavy atom. The van der Waals surface area contributed by atoms with E-state index in [4.69, 9.17) is 0 Å². The van der Waals surface area contributed by atoms with Gasteiger partial charge in [0.1, 0.15) is 0 Å². The van der Waals surface area contributed by atoms with Crippen LogP contribution < -0.4 is 0 Å². The highest BCUT2D eigenvalue weighted by molar-refractivity contribution is 5.95.